The van der Waals surface area contributed by atoms with Crippen LogP contribution in [-0.4, -0.2) is 33.9 Å². The van der Waals surface area contributed by atoms with E-state index in [0.717, 1.165) is 37.0 Å². The third-order valence-corrected chi connectivity index (χ3v) is 5.02. The van der Waals surface area contributed by atoms with E-state index in [1.165, 1.54) is 5.39 Å². The van der Waals surface area contributed by atoms with E-state index in [9.17, 15) is 9.59 Å². The lowest BCUT2D eigenvalue weighted by molar-refractivity contribution is -0.128. The Morgan fingerprint density at radius 3 is 2.88 bits per heavy atom. The molecule has 1 saturated heterocycles. The third kappa shape index (κ3) is 2.79. The lowest BCUT2D eigenvalue weighted by Crippen LogP contribution is -2.29. The van der Waals surface area contributed by atoms with E-state index in [1.807, 2.05) is 23.1 Å². The molecule has 0 bridgehead atoms. The molecule has 5 heteroatoms. The van der Waals surface area contributed by atoms with Gasteiger partial charge in [0.05, 0.1) is 11.4 Å². The highest BCUT2D eigenvalue weighted by Crippen LogP contribution is 2.33. The molecule has 1 N–H and O–H groups in total. The van der Waals surface area contributed by atoms with Gasteiger partial charge in [-0.05, 0) is 42.8 Å². The lowest BCUT2D eigenvalue weighted by Gasteiger charge is -2.15. The van der Waals surface area contributed by atoms with Gasteiger partial charge >= 0.3 is 0 Å². The van der Waals surface area contributed by atoms with E-state index in [4.69, 9.17) is 0 Å². The highest BCUT2D eigenvalue weighted by atomic mass is 16.2. The van der Waals surface area contributed by atoms with Crippen LogP contribution >= 0.6 is 0 Å². The largest absolute Gasteiger partial charge is 0.347 e. The summed E-state index contributed by atoms with van der Waals surface area (Å²) in [5.74, 6) is -0.138. The average molecular weight is 325 g/mol. The molecular weight excluding hydrogens is 302 g/mol. The number of hydrogen-bond acceptors (Lipinski definition) is 2. The number of carbonyl (C=O) groups excluding carboxylic acids is 2. The summed E-state index contributed by atoms with van der Waals surface area (Å²) in [5, 5.41) is 4.18. The molecule has 1 aromatic heterocycles. The fourth-order valence-electron chi connectivity index (χ4n) is 3.59. The van der Waals surface area contributed by atoms with Crippen LogP contribution in [0.4, 0.5) is 5.69 Å². The standard InChI is InChI=1S/C19H23N3O2/c1-2-8-21-9-7-13-3-4-15(11-17(13)21)20-19(24)14-10-18(23)22(12-14)16-5-6-16/h3-4,7,9,11,14,16H,2,5-6,8,10,12H2,1H3,(H,20,24)/t14-/m1/s1. The van der Waals surface area contributed by atoms with Crippen molar-refractivity contribution in [2.24, 2.45) is 5.92 Å². The zero-order valence-corrected chi connectivity index (χ0v) is 14.0. The van der Waals surface area contributed by atoms with Crippen molar-refractivity contribution >= 4 is 28.4 Å². The molecule has 126 valence electrons. The Morgan fingerprint density at radius 2 is 2.12 bits per heavy atom. The molecule has 1 saturated carbocycles. The van der Waals surface area contributed by atoms with Crippen LogP contribution in [0, 0.1) is 5.92 Å². The minimum atomic E-state index is -0.226. The van der Waals surface area contributed by atoms with Gasteiger partial charge in [0.15, 0.2) is 0 Å². The number of aromatic nitrogens is 1. The number of rotatable bonds is 5. The maximum atomic E-state index is 12.5. The molecule has 4 rings (SSSR count). The predicted octanol–water partition coefficient (Wildman–Crippen LogP) is 3.00. The van der Waals surface area contributed by atoms with Gasteiger partial charge in [-0.2, -0.15) is 0 Å². The molecule has 2 aliphatic rings. The second-order valence-corrected chi connectivity index (χ2v) is 6.95. The van der Waals surface area contributed by atoms with Crippen molar-refractivity contribution in [3.63, 3.8) is 0 Å². The maximum absolute atomic E-state index is 12.5. The van der Waals surface area contributed by atoms with Crippen LogP contribution < -0.4 is 5.32 Å². The topological polar surface area (TPSA) is 54.3 Å². The molecule has 2 fully saturated rings. The van der Waals surface area contributed by atoms with Crippen molar-refractivity contribution < 1.29 is 9.59 Å². The van der Waals surface area contributed by atoms with Gasteiger partial charge in [-0.3, -0.25) is 9.59 Å². The van der Waals surface area contributed by atoms with Gasteiger partial charge in [0, 0.05) is 37.4 Å². The Bertz CT molecular complexity index is 791. The van der Waals surface area contributed by atoms with Gasteiger partial charge in [0.2, 0.25) is 11.8 Å². The van der Waals surface area contributed by atoms with Crippen LogP contribution in [-0.2, 0) is 16.1 Å². The molecule has 1 aliphatic carbocycles. The monoisotopic (exact) mass is 325 g/mol. The average Bonchev–Trinajstić information content (AvgIpc) is 3.23. The molecule has 1 atom stereocenters. The van der Waals surface area contributed by atoms with Crippen molar-refractivity contribution in [3.05, 3.63) is 30.5 Å². The number of aryl methyl sites for hydroxylation is 1. The van der Waals surface area contributed by atoms with Crippen molar-refractivity contribution in [3.8, 4) is 0 Å². The molecule has 2 heterocycles. The Labute approximate surface area is 141 Å². The lowest BCUT2D eigenvalue weighted by atomic mass is 10.1. The first-order chi connectivity index (χ1) is 11.7. The molecule has 5 nitrogen and oxygen atoms in total. The zero-order chi connectivity index (χ0) is 16.7. The number of hydrogen-bond donors (Lipinski definition) is 1. The number of nitrogens with zero attached hydrogens (tertiary/aromatic N) is 2. The van der Waals surface area contributed by atoms with E-state index in [1.54, 1.807) is 0 Å². The summed E-state index contributed by atoms with van der Waals surface area (Å²) in [5.41, 5.74) is 1.94. The zero-order valence-electron chi connectivity index (χ0n) is 14.0. The van der Waals surface area contributed by atoms with Crippen LogP contribution in [0.1, 0.15) is 32.6 Å². The number of amides is 2. The van der Waals surface area contributed by atoms with E-state index < -0.39 is 0 Å². The fraction of sp³-hybridized carbons (Fsp3) is 0.474. The Hall–Kier alpha value is -2.30. The van der Waals surface area contributed by atoms with Gasteiger partial charge in [-0.15, -0.1) is 0 Å². The fourth-order valence-corrected chi connectivity index (χ4v) is 3.59. The summed E-state index contributed by atoms with van der Waals surface area (Å²) in [6.07, 6.45) is 5.68. The van der Waals surface area contributed by atoms with Crippen LogP contribution in [0.3, 0.4) is 0 Å². The van der Waals surface area contributed by atoms with E-state index in [-0.39, 0.29) is 17.7 Å². The molecule has 0 unspecified atom stereocenters. The van der Waals surface area contributed by atoms with Gasteiger partial charge < -0.3 is 14.8 Å². The molecule has 24 heavy (non-hydrogen) atoms. The van der Waals surface area contributed by atoms with E-state index in [0.29, 0.717) is 19.0 Å². The van der Waals surface area contributed by atoms with Crippen molar-refractivity contribution in [2.75, 3.05) is 11.9 Å². The maximum Gasteiger partial charge on any atom is 0.229 e. The SMILES string of the molecule is CCCn1ccc2ccc(NC(=O)[C@@H]3CC(=O)N(C4CC4)C3)cc21. The number of nitrogens with one attached hydrogen (secondary N) is 1. The quantitative estimate of drug-likeness (QED) is 0.919. The summed E-state index contributed by atoms with van der Waals surface area (Å²) in [4.78, 5) is 26.4. The van der Waals surface area contributed by atoms with E-state index in [2.05, 4.69) is 29.1 Å². The summed E-state index contributed by atoms with van der Waals surface area (Å²) >= 11 is 0. The highest BCUT2D eigenvalue weighted by Gasteiger charge is 2.41. The predicted molar refractivity (Wildman–Crippen MR) is 93.7 cm³/mol. The molecule has 2 amide bonds. The van der Waals surface area contributed by atoms with Gasteiger partial charge in [0.1, 0.15) is 0 Å². The Morgan fingerprint density at radius 1 is 1.29 bits per heavy atom. The highest BCUT2D eigenvalue weighted by molar-refractivity contribution is 5.98. The summed E-state index contributed by atoms with van der Waals surface area (Å²) in [6, 6.07) is 8.49. The second kappa shape index (κ2) is 5.96. The van der Waals surface area contributed by atoms with Gasteiger partial charge in [-0.25, -0.2) is 0 Å². The first-order valence-electron chi connectivity index (χ1n) is 8.85. The molecule has 0 radical (unpaired) electrons. The number of carbonyl (C=O) groups is 2. The van der Waals surface area contributed by atoms with Crippen LogP contribution in [0.25, 0.3) is 10.9 Å². The normalized spacial score (nSPS) is 20.8. The van der Waals surface area contributed by atoms with Crippen LogP contribution in [0.2, 0.25) is 0 Å². The molecule has 1 aliphatic heterocycles. The minimum Gasteiger partial charge on any atom is -0.347 e. The second-order valence-electron chi connectivity index (χ2n) is 6.95. The summed E-state index contributed by atoms with van der Waals surface area (Å²) in [6.45, 7) is 3.69. The molecule has 2 aromatic rings. The van der Waals surface area contributed by atoms with Crippen LogP contribution in [0.5, 0.6) is 0 Å². The number of likely N-dealkylation sites (tertiary alicyclic amines) is 1. The summed E-state index contributed by atoms with van der Waals surface area (Å²) < 4.78 is 2.21. The number of benzene rings is 1. The Balaban J connectivity index is 1.48. The molecule has 0 spiro atoms. The molecule has 1 aromatic carbocycles. The first kappa shape index (κ1) is 15.2. The van der Waals surface area contributed by atoms with Crippen molar-refractivity contribution in [2.45, 2.75) is 45.2 Å². The van der Waals surface area contributed by atoms with Gasteiger partial charge in [0.25, 0.3) is 0 Å². The van der Waals surface area contributed by atoms with E-state index >= 15 is 0 Å². The van der Waals surface area contributed by atoms with Crippen molar-refractivity contribution in [1.82, 2.24) is 9.47 Å². The molecular formula is C19H23N3O2. The number of fused-ring (bicyclic) bond motifs is 1. The smallest absolute Gasteiger partial charge is 0.229 e. The van der Waals surface area contributed by atoms with Gasteiger partial charge in [-0.1, -0.05) is 13.0 Å². The third-order valence-electron chi connectivity index (χ3n) is 5.02. The summed E-state index contributed by atoms with van der Waals surface area (Å²) in [7, 11) is 0. The van der Waals surface area contributed by atoms with Crippen molar-refractivity contribution in [1.29, 1.82) is 0 Å². The first-order valence-corrected chi connectivity index (χ1v) is 8.85. The number of anilines is 1. The Kier molecular flexibility index (Phi) is 3.79. The minimum absolute atomic E-state index is 0.0422. The van der Waals surface area contributed by atoms with Crippen LogP contribution in [0.15, 0.2) is 30.5 Å².